The van der Waals surface area contributed by atoms with Crippen LogP contribution in [0.5, 0.6) is 0 Å². The fraction of sp³-hybridized carbons (Fsp3) is 0.429. The fourth-order valence-corrected chi connectivity index (χ4v) is 3.79. The number of rotatable bonds is 4. The molecular weight excluding hydrogens is 307 g/mol. The van der Waals surface area contributed by atoms with Gasteiger partial charge in [0.15, 0.2) is 0 Å². The van der Waals surface area contributed by atoms with Crippen LogP contribution >= 0.6 is 11.6 Å². The Balaban J connectivity index is 1.60. The SMILES string of the molecule is CC1CCC(c2ccc(CCc3cccc(F)c3Cl)cc2)CC1. The Labute approximate surface area is 143 Å². The average molecular weight is 331 g/mol. The highest BCUT2D eigenvalue weighted by Crippen LogP contribution is 2.35. The van der Waals surface area contributed by atoms with Crippen LogP contribution in [0.25, 0.3) is 0 Å². The third-order valence-electron chi connectivity index (χ3n) is 5.18. The van der Waals surface area contributed by atoms with E-state index in [2.05, 4.69) is 31.2 Å². The molecule has 1 aliphatic carbocycles. The lowest BCUT2D eigenvalue weighted by Crippen LogP contribution is -2.10. The van der Waals surface area contributed by atoms with Crippen molar-refractivity contribution >= 4 is 11.6 Å². The van der Waals surface area contributed by atoms with Gasteiger partial charge < -0.3 is 0 Å². The molecule has 0 atom stereocenters. The van der Waals surface area contributed by atoms with Crippen molar-refractivity contribution in [3.63, 3.8) is 0 Å². The Morgan fingerprint density at radius 3 is 2.35 bits per heavy atom. The number of halogens is 2. The maximum absolute atomic E-state index is 13.5. The molecule has 2 heteroatoms. The first kappa shape index (κ1) is 16.5. The quantitative estimate of drug-likeness (QED) is 0.595. The van der Waals surface area contributed by atoms with Crippen LogP contribution in [0.3, 0.4) is 0 Å². The summed E-state index contributed by atoms with van der Waals surface area (Å²) >= 11 is 6.02. The van der Waals surface area contributed by atoms with Gasteiger partial charge >= 0.3 is 0 Å². The average Bonchev–Trinajstić information content (AvgIpc) is 2.57. The largest absolute Gasteiger partial charge is 0.205 e. The molecule has 0 heterocycles. The Morgan fingerprint density at radius 1 is 0.957 bits per heavy atom. The summed E-state index contributed by atoms with van der Waals surface area (Å²) in [6.45, 7) is 2.36. The minimum Gasteiger partial charge on any atom is -0.205 e. The highest BCUT2D eigenvalue weighted by molar-refractivity contribution is 6.31. The number of hydrogen-bond donors (Lipinski definition) is 0. The van der Waals surface area contributed by atoms with Crippen molar-refractivity contribution < 1.29 is 4.39 Å². The van der Waals surface area contributed by atoms with Crippen molar-refractivity contribution in [2.45, 2.75) is 51.4 Å². The van der Waals surface area contributed by atoms with E-state index >= 15 is 0 Å². The lowest BCUT2D eigenvalue weighted by Gasteiger charge is -2.26. The van der Waals surface area contributed by atoms with E-state index in [0.717, 1.165) is 30.2 Å². The van der Waals surface area contributed by atoms with Gasteiger partial charge in [0.1, 0.15) is 5.82 Å². The van der Waals surface area contributed by atoms with Gasteiger partial charge in [-0.15, -0.1) is 0 Å². The molecule has 2 aromatic rings. The number of hydrogen-bond acceptors (Lipinski definition) is 0. The van der Waals surface area contributed by atoms with Crippen LogP contribution in [0.1, 0.15) is 55.2 Å². The molecule has 1 fully saturated rings. The monoisotopic (exact) mass is 330 g/mol. The molecule has 0 aromatic heterocycles. The topological polar surface area (TPSA) is 0 Å². The minimum absolute atomic E-state index is 0.264. The van der Waals surface area contributed by atoms with Crippen LogP contribution in [-0.2, 0) is 12.8 Å². The molecule has 0 N–H and O–H groups in total. The molecule has 0 spiro atoms. The fourth-order valence-electron chi connectivity index (χ4n) is 3.57. The highest BCUT2D eigenvalue weighted by Gasteiger charge is 2.19. The van der Waals surface area contributed by atoms with E-state index in [9.17, 15) is 4.39 Å². The molecule has 0 nitrogen and oxygen atoms in total. The first-order valence-electron chi connectivity index (χ1n) is 8.65. The predicted molar refractivity (Wildman–Crippen MR) is 95.6 cm³/mol. The van der Waals surface area contributed by atoms with Crippen LogP contribution in [0.4, 0.5) is 4.39 Å². The normalized spacial score (nSPS) is 21.3. The van der Waals surface area contributed by atoms with Gasteiger partial charge in [-0.3, -0.25) is 0 Å². The molecule has 0 bridgehead atoms. The maximum Gasteiger partial charge on any atom is 0.142 e. The van der Waals surface area contributed by atoms with Gasteiger partial charge in [0.05, 0.1) is 5.02 Å². The maximum atomic E-state index is 13.5. The smallest absolute Gasteiger partial charge is 0.142 e. The molecule has 0 amide bonds. The molecule has 2 aromatic carbocycles. The van der Waals surface area contributed by atoms with Crippen LogP contribution in [0.15, 0.2) is 42.5 Å². The van der Waals surface area contributed by atoms with E-state index in [0.29, 0.717) is 0 Å². The number of aryl methyl sites for hydroxylation is 2. The van der Waals surface area contributed by atoms with Crippen molar-refractivity contribution in [3.05, 3.63) is 70.0 Å². The van der Waals surface area contributed by atoms with E-state index in [4.69, 9.17) is 11.6 Å². The van der Waals surface area contributed by atoms with Gasteiger partial charge in [-0.1, -0.05) is 67.8 Å². The second-order valence-electron chi connectivity index (χ2n) is 6.91. The Hall–Kier alpha value is -1.34. The molecule has 1 saturated carbocycles. The van der Waals surface area contributed by atoms with Crippen molar-refractivity contribution in [1.29, 1.82) is 0 Å². The zero-order valence-electron chi connectivity index (χ0n) is 13.7. The zero-order chi connectivity index (χ0) is 16.2. The van der Waals surface area contributed by atoms with Crippen LogP contribution in [0, 0.1) is 11.7 Å². The number of benzene rings is 2. The first-order chi connectivity index (χ1) is 11.1. The molecule has 0 aliphatic heterocycles. The van der Waals surface area contributed by atoms with Crippen molar-refractivity contribution in [1.82, 2.24) is 0 Å². The van der Waals surface area contributed by atoms with Gasteiger partial charge in [0.25, 0.3) is 0 Å². The Morgan fingerprint density at radius 2 is 1.65 bits per heavy atom. The third kappa shape index (κ3) is 4.14. The minimum atomic E-state index is -0.328. The van der Waals surface area contributed by atoms with E-state index in [1.807, 2.05) is 6.07 Å². The summed E-state index contributed by atoms with van der Waals surface area (Å²) < 4.78 is 13.5. The second-order valence-corrected chi connectivity index (χ2v) is 7.29. The molecule has 0 unspecified atom stereocenters. The molecule has 122 valence electrons. The van der Waals surface area contributed by atoms with Crippen LogP contribution in [0.2, 0.25) is 5.02 Å². The standard InChI is InChI=1S/C21H24ClF/c1-15-5-10-17(11-6-15)18-12-7-16(8-13-18)9-14-19-3-2-4-20(23)21(19)22/h2-4,7-8,12-13,15,17H,5-6,9-11,14H2,1H3. The third-order valence-corrected chi connectivity index (χ3v) is 5.60. The summed E-state index contributed by atoms with van der Waals surface area (Å²) in [6.07, 6.45) is 7.01. The molecule has 0 radical (unpaired) electrons. The lowest BCUT2D eigenvalue weighted by atomic mass is 9.79. The van der Waals surface area contributed by atoms with Gasteiger partial charge in [-0.25, -0.2) is 4.39 Å². The predicted octanol–water partition coefficient (Wildman–Crippen LogP) is 6.56. The second kappa shape index (κ2) is 7.49. The summed E-state index contributed by atoms with van der Waals surface area (Å²) in [5.74, 6) is 1.30. The molecule has 1 aliphatic rings. The van der Waals surface area contributed by atoms with E-state index in [1.54, 1.807) is 6.07 Å². The van der Waals surface area contributed by atoms with E-state index < -0.39 is 0 Å². The summed E-state index contributed by atoms with van der Waals surface area (Å²) in [7, 11) is 0. The summed E-state index contributed by atoms with van der Waals surface area (Å²) in [5, 5.41) is 0.264. The Kier molecular flexibility index (Phi) is 5.38. The lowest BCUT2D eigenvalue weighted by molar-refractivity contribution is 0.348. The summed E-state index contributed by atoms with van der Waals surface area (Å²) in [4.78, 5) is 0. The van der Waals surface area contributed by atoms with Crippen LogP contribution in [-0.4, -0.2) is 0 Å². The molecule has 3 rings (SSSR count). The summed E-state index contributed by atoms with van der Waals surface area (Å²) in [6, 6.07) is 14.0. The van der Waals surface area contributed by atoms with Crippen molar-refractivity contribution in [2.75, 3.05) is 0 Å². The zero-order valence-corrected chi connectivity index (χ0v) is 14.5. The van der Waals surface area contributed by atoms with Crippen molar-refractivity contribution in [2.24, 2.45) is 5.92 Å². The van der Waals surface area contributed by atoms with E-state index in [1.165, 1.54) is 42.9 Å². The molecule has 0 saturated heterocycles. The summed E-state index contributed by atoms with van der Waals surface area (Å²) in [5.41, 5.74) is 3.65. The van der Waals surface area contributed by atoms with Crippen molar-refractivity contribution in [3.8, 4) is 0 Å². The highest BCUT2D eigenvalue weighted by atomic mass is 35.5. The van der Waals surface area contributed by atoms with Gasteiger partial charge in [-0.2, -0.15) is 0 Å². The van der Waals surface area contributed by atoms with Crippen LogP contribution < -0.4 is 0 Å². The van der Waals surface area contributed by atoms with Gasteiger partial charge in [0.2, 0.25) is 0 Å². The molecule has 23 heavy (non-hydrogen) atoms. The molecular formula is C21H24ClF. The van der Waals surface area contributed by atoms with Gasteiger partial charge in [0, 0.05) is 0 Å². The van der Waals surface area contributed by atoms with Gasteiger partial charge in [-0.05, 0) is 60.3 Å². The Bertz CT molecular complexity index is 639. The van der Waals surface area contributed by atoms with E-state index in [-0.39, 0.29) is 10.8 Å². The first-order valence-corrected chi connectivity index (χ1v) is 9.03.